The molecule has 0 radical (unpaired) electrons. The maximum absolute atomic E-state index is 2.50. The van der Waals surface area contributed by atoms with Crippen molar-refractivity contribution in [2.24, 2.45) is 11.8 Å². The summed E-state index contributed by atoms with van der Waals surface area (Å²) in [7, 11) is 4.91. The van der Waals surface area contributed by atoms with Crippen molar-refractivity contribution in [3.63, 3.8) is 0 Å². The summed E-state index contributed by atoms with van der Waals surface area (Å²) in [5, 5.41) is 0. The molecule has 0 saturated carbocycles. The van der Waals surface area contributed by atoms with Crippen LogP contribution in [-0.4, -0.2) is 62.3 Å². The molecule has 1 fully saturated rings. The third-order valence-electron chi connectivity index (χ3n) is 5.98. The van der Waals surface area contributed by atoms with E-state index in [9.17, 15) is 0 Å². The van der Waals surface area contributed by atoms with Gasteiger partial charge in [-0.25, -0.2) is 0 Å². The maximum atomic E-state index is 2.50. The quantitative estimate of drug-likeness (QED) is 0.512. The molecule has 1 aliphatic heterocycles. The minimum atomic E-state index is 0.980. The monoisotopic (exact) mass is 266 g/mol. The topological polar surface area (TPSA) is 0 Å². The Morgan fingerprint density at radius 1 is 1.05 bits per heavy atom. The minimum Gasteiger partial charge on any atom is -0.326 e. The van der Waals surface area contributed by atoms with Gasteiger partial charge in [0.15, 0.2) is 0 Å². The van der Waals surface area contributed by atoms with Crippen LogP contribution in [0.3, 0.4) is 0 Å². The van der Waals surface area contributed by atoms with Gasteiger partial charge in [0.1, 0.15) is 0 Å². The second-order valence-corrected chi connectivity index (χ2v) is 7.50. The van der Waals surface area contributed by atoms with Gasteiger partial charge in [0.05, 0.1) is 53.4 Å². The number of allylic oxidation sites excluding steroid dienone is 2. The summed E-state index contributed by atoms with van der Waals surface area (Å²) in [6.07, 6.45) is 8.91. The number of hydrogen-bond acceptors (Lipinski definition) is 0. The lowest BCUT2D eigenvalue weighted by Gasteiger charge is -2.35. The van der Waals surface area contributed by atoms with Gasteiger partial charge >= 0.3 is 0 Å². The van der Waals surface area contributed by atoms with Crippen LogP contribution in [0.5, 0.6) is 0 Å². The number of likely N-dealkylation sites (tertiary alicyclic amines) is 1. The summed E-state index contributed by atoms with van der Waals surface area (Å²) in [5.74, 6) is 1.96. The van der Waals surface area contributed by atoms with Crippen LogP contribution < -0.4 is 0 Å². The van der Waals surface area contributed by atoms with E-state index in [2.05, 4.69) is 40.1 Å². The normalized spacial score (nSPS) is 29.5. The molecular formula is C17H34N2+2. The molecule has 19 heavy (non-hydrogen) atoms. The fourth-order valence-electron chi connectivity index (χ4n) is 4.14. The molecule has 110 valence electrons. The molecular weight excluding hydrogens is 232 g/mol. The van der Waals surface area contributed by atoms with Crippen molar-refractivity contribution >= 4 is 0 Å². The summed E-state index contributed by atoms with van der Waals surface area (Å²) >= 11 is 0. The summed E-state index contributed by atoms with van der Waals surface area (Å²) in [6, 6.07) is 0. The van der Waals surface area contributed by atoms with E-state index in [1.807, 2.05) is 0 Å². The zero-order valence-electron chi connectivity index (χ0n) is 13.6. The molecule has 0 aromatic rings. The molecule has 0 spiro atoms. The van der Waals surface area contributed by atoms with E-state index in [0.29, 0.717) is 0 Å². The zero-order chi connectivity index (χ0) is 13.9. The smallest absolute Gasteiger partial charge is 0.0839 e. The predicted molar refractivity (Wildman–Crippen MR) is 82.9 cm³/mol. The van der Waals surface area contributed by atoms with Gasteiger partial charge in [-0.3, -0.25) is 0 Å². The van der Waals surface area contributed by atoms with E-state index in [1.165, 1.54) is 67.5 Å². The fourth-order valence-corrected chi connectivity index (χ4v) is 4.14. The van der Waals surface area contributed by atoms with E-state index in [-0.39, 0.29) is 0 Å². The van der Waals surface area contributed by atoms with Crippen molar-refractivity contribution in [3.8, 4) is 0 Å². The molecule has 0 aromatic heterocycles. The second kappa shape index (κ2) is 5.97. The number of quaternary nitrogens is 2. The van der Waals surface area contributed by atoms with Gasteiger partial charge in [-0.05, 0) is 26.7 Å². The van der Waals surface area contributed by atoms with Crippen LogP contribution in [0.15, 0.2) is 12.2 Å². The number of fused-ring (bicyclic) bond motifs is 1. The van der Waals surface area contributed by atoms with Gasteiger partial charge < -0.3 is 8.97 Å². The molecule has 2 rings (SSSR count). The molecule has 2 nitrogen and oxygen atoms in total. The Bertz CT molecular complexity index is 301. The van der Waals surface area contributed by atoms with Crippen LogP contribution in [0.25, 0.3) is 0 Å². The van der Waals surface area contributed by atoms with Gasteiger partial charge in [-0.1, -0.05) is 12.2 Å². The summed E-state index contributed by atoms with van der Waals surface area (Å²) in [4.78, 5) is 0. The highest BCUT2D eigenvalue weighted by Gasteiger charge is 2.42. The van der Waals surface area contributed by atoms with Crippen molar-refractivity contribution in [2.45, 2.75) is 33.1 Å². The number of hydrogen-bond donors (Lipinski definition) is 0. The Morgan fingerprint density at radius 2 is 1.58 bits per heavy atom. The largest absolute Gasteiger partial charge is 0.326 e. The van der Waals surface area contributed by atoms with Gasteiger partial charge in [-0.15, -0.1) is 0 Å². The van der Waals surface area contributed by atoms with Gasteiger partial charge in [-0.2, -0.15) is 0 Å². The molecule has 0 N–H and O–H groups in total. The average molecular weight is 266 g/mol. The van der Waals surface area contributed by atoms with Crippen LogP contribution in [0.4, 0.5) is 0 Å². The predicted octanol–water partition coefficient (Wildman–Crippen LogP) is 2.91. The molecule has 0 unspecified atom stereocenters. The van der Waals surface area contributed by atoms with Crippen LogP contribution >= 0.6 is 0 Å². The highest BCUT2D eigenvalue weighted by Crippen LogP contribution is 2.36. The Labute approximate surface area is 120 Å². The first-order valence-corrected chi connectivity index (χ1v) is 8.32. The Kier molecular flexibility index (Phi) is 4.73. The van der Waals surface area contributed by atoms with Crippen LogP contribution in [0, 0.1) is 11.8 Å². The van der Waals surface area contributed by atoms with E-state index < -0.39 is 0 Å². The molecule has 2 heteroatoms. The molecule has 1 heterocycles. The third-order valence-corrected chi connectivity index (χ3v) is 5.98. The average Bonchev–Trinajstić information content (AvgIpc) is 2.74. The van der Waals surface area contributed by atoms with E-state index in [4.69, 9.17) is 0 Å². The van der Waals surface area contributed by atoms with Crippen LogP contribution in [0.2, 0.25) is 0 Å². The molecule has 1 aliphatic carbocycles. The molecule has 0 amide bonds. The van der Waals surface area contributed by atoms with Gasteiger partial charge in [0, 0.05) is 18.3 Å². The Hall–Kier alpha value is -0.340. The molecule has 2 aliphatic rings. The molecule has 1 saturated heterocycles. The summed E-state index contributed by atoms with van der Waals surface area (Å²) in [5.41, 5.74) is 0. The third kappa shape index (κ3) is 3.61. The lowest BCUT2D eigenvalue weighted by atomic mass is 9.86. The first kappa shape index (κ1) is 15.1. The minimum absolute atomic E-state index is 0.980. The Balaban J connectivity index is 1.80. The van der Waals surface area contributed by atoms with E-state index >= 15 is 0 Å². The second-order valence-electron chi connectivity index (χ2n) is 7.50. The fraction of sp³-hybridized carbons (Fsp3) is 0.882. The van der Waals surface area contributed by atoms with Gasteiger partial charge in [0.25, 0.3) is 0 Å². The van der Waals surface area contributed by atoms with Crippen molar-refractivity contribution in [1.82, 2.24) is 0 Å². The van der Waals surface area contributed by atoms with Crippen LogP contribution in [-0.2, 0) is 0 Å². The highest BCUT2D eigenvalue weighted by atomic mass is 15.4. The standard InChI is InChI=1S/C17H34N2/c1-5-18(3,6-2)12-9-13-19(4)14-16-10-7-8-11-17(16)15-19/h7-8,16-17H,5-6,9-15H2,1-4H3/q+2/t16-,17-/m1/s1. The SMILES string of the molecule is CC[N+](C)(CC)CCC[N+]1(C)C[C@H]2CC=CC[C@@H]2C1. The highest BCUT2D eigenvalue weighted by molar-refractivity contribution is 4.96. The van der Waals surface area contributed by atoms with E-state index in [0.717, 1.165) is 11.8 Å². The number of nitrogens with zero attached hydrogens (tertiary/aromatic N) is 2. The summed E-state index contributed by atoms with van der Waals surface area (Å²) in [6.45, 7) is 12.8. The maximum Gasteiger partial charge on any atom is 0.0839 e. The lowest BCUT2D eigenvalue weighted by molar-refractivity contribution is -0.922. The lowest BCUT2D eigenvalue weighted by Crippen LogP contribution is -2.48. The van der Waals surface area contributed by atoms with Crippen molar-refractivity contribution in [2.75, 3.05) is 53.4 Å². The first-order chi connectivity index (χ1) is 9.00. The molecule has 2 atom stereocenters. The van der Waals surface area contributed by atoms with Gasteiger partial charge in [0.2, 0.25) is 0 Å². The Morgan fingerprint density at radius 3 is 2.05 bits per heavy atom. The zero-order valence-corrected chi connectivity index (χ0v) is 13.6. The van der Waals surface area contributed by atoms with Crippen molar-refractivity contribution in [1.29, 1.82) is 0 Å². The molecule has 0 aromatic carbocycles. The van der Waals surface area contributed by atoms with Crippen molar-refractivity contribution < 1.29 is 8.97 Å². The van der Waals surface area contributed by atoms with Crippen molar-refractivity contribution in [3.05, 3.63) is 12.2 Å². The first-order valence-electron chi connectivity index (χ1n) is 8.32. The summed E-state index contributed by atoms with van der Waals surface area (Å²) < 4.78 is 2.58. The van der Waals surface area contributed by atoms with E-state index in [1.54, 1.807) is 0 Å². The molecule has 0 bridgehead atoms. The number of rotatable bonds is 6. The van der Waals surface area contributed by atoms with Crippen LogP contribution in [0.1, 0.15) is 33.1 Å².